The number of methoxy groups -OCH3 is 1. The highest BCUT2D eigenvalue weighted by molar-refractivity contribution is 5.30. The van der Waals surface area contributed by atoms with E-state index in [2.05, 4.69) is 41.5 Å². The maximum absolute atomic E-state index is 5.35. The second kappa shape index (κ2) is 7.22. The molecule has 2 rings (SSSR count). The summed E-state index contributed by atoms with van der Waals surface area (Å²) in [6, 6.07) is 6.62. The summed E-state index contributed by atoms with van der Waals surface area (Å²) in [5.74, 6) is 0.665. The Morgan fingerprint density at radius 2 is 2.19 bits per heavy atom. The van der Waals surface area contributed by atoms with Crippen LogP contribution in [0.1, 0.15) is 43.6 Å². The van der Waals surface area contributed by atoms with Crippen molar-refractivity contribution in [3.05, 3.63) is 41.9 Å². The number of aromatic nitrogens is 3. The fourth-order valence-corrected chi connectivity index (χ4v) is 2.33. The first-order valence-corrected chi connectivity index (χ1v) is 7.39. The van der Waals surface area contributed by atoms with Crippen molar-refractivity contribution in [1.29, 1.82) is 0 Å². The molecular formula is C16H24N4O. The Bertz CT molecular complexity index is 567. The molecule has 0 radical (unpaired) electrons. The average Bonchev–Trinajstić information content (AvgIpc) is 3.00. The predicted molar refractivity (Wildman–Crippen MR) is 83.5 cm³/mol. The van der Waals surface area contributed by atoms with Gasteiger partial charge in [0.05, 0.1) is 12.8 Å². The molecule has 0 bridgehead atoms. The molecule has 0 aliphatic heterocycles. The number of nitrogens with zero attached hydrogens (tertiary/aromatic N) is 3. The summed E-state index contributed by atoms with van der Waals surface area (Å²) in [6.45, 7) is 4.35. The lowest BCUT2D eigenvalue weighted by molar-refractivity contribution is 0.383. The SMILES string of the molecule is CCC(C)n1ccc(CC(NC)c2cccnc2OC)n1. The molecule has 5 nitrogen and oxygen atoms in total. The molecule has 2 atom stereocenters. The van der Waals surface area contributed by atoms with Crippen molar-refractivity contribution in [1.82, 2.24) is 20.1 Å². The summed E-state index contributed by atoms with van der Waals surface area (Å²) in [5.41, 5.74) is 2.13. The van der Waals surface area contributed by atoms with Crippen LogP contribution in [0.25, 0.3) is 0 Å². The molecule has 0 aromatic carbocycles. The summed E-state index contributed by atoms with van der Waals surface area (Å²) < 4.78 is 7.38. The van der Waals surface area contributed by atoms with Gasteiger partial charge in [0.15, 0.2) is 0 Å². The number of rotatable bonds is 7. The van der Waals surface area contributed by atoms with Gasteiger partial charge < -0.3 is 10.1 Å². The summed E-state index contributed by atoms with van der Waals surface area (Å²) in [5, 5.41) is 7.99. The highest BCUT2D eigenvalue weighted by Gasteiger charge is 2.17. The molecule has 0 aliphatic rings. The fraction of sp³-hybridized carbons (Fsp3) is 0.500. The van der Waals surface area contributed by atoms with Gasteiger partial charge >= 0.3 is 0 Å². The maximum Gasteiger partial charge on any atom is 0.217 e. The Morgan fingerprint density at radius 3 is 2.86 bits per heavy atom. The summed E-state index contributed by atoms with van der Waals surface area (Å²) in [7, 11) is 3.60. The van der Waals surface area contributed by atoms with E-state index in [-0.39, 0.29) is 6.04 Å². The lowest BCUT2D eigenvalue weighted by atomic mass is 10.0. The molecule has 5 heteroatoms. The maximum atomic E-state index is 5.35. The minimum atomic E-state index is 0.133. The Kier molecular flexibility index (Phi) is 5.33. The predicted octanol–water partition coefficient (Wildman–Crippen LogP) is 2.76. The third-order valence-electron chi connectivity index (χ3n) is 3.84. The van der Waals surface area contributed by atoms with E-state index in [1.807, 2.05) is 23.9 Å². The zero-order chi connectivity index (χ0) is 15.2. The number of hydrogen-bond donors (Lipinski definition) is 1. The molecule has 2 aromatic rings. The molecule has 0 fully saturated rings. The molecular weight excluding hydrogens is 264 g/mol. The van der Waals surface area contributed by atoms with Gasteiger partial charge in [-0.05, 0) is 32.5 Å². The van der Waals surface area contributed by atoms with Gasteiger partial charge in [0.25, 0.3) is 0 Å². The Morgan fingerprint density at radius 1 is 1.38 bits per heavy atom. The van der Waals surface area contributed by atoms with Gasteiger partial charge in [0, 0.05) is 36.5 Å². The first-order chi connectivity index (χ1) is 10.2. The van der Waals surface area contributed by atoms with Gasteiger partial charge in [-0.25, -0.2) is 4.98 Å². The zero-order valence-electron chi connectivity index (χ0n) is 13.2. The molecule has 114 valence electrons. The van der Waals surface area contributed by atoms with Gasteiger partial charge in [-0.2, -0.15) is 5.10 Å². The van der Waals surface area contributed by atoms with Crippen LogP contribution in [0.4, 0.5) is 0 Å². The van der Waals surface area contributed by atoms with E-state index in [4.69, 9.17) is 4.74 Å². The van der Waals surface area contributed by atoms with Crippen molar-refractivity contribution < 1.29 is 4.74 Å². The van der Waals surface area contributed by atoms with Crippen LogP contribution in [0.2, 0.25) is 0 Å². The Hall–Kier alpha value is -1.88. The van der Waals surface area contributed by atoms with Crippen molar-refractivity contribution in [2.75, 3.05) is 14.2 Å². The topological polar surface area (TPSA) is 52.0 Å². The summed E-state index contributed by atoms with van der Waals surface area (Å²) >= 11 is 0. The lowest BCUT2D eigenvalue weighted by Crippen LogP contribution is -2.20. The van der Waals surface area contributed by atoms with E-state index in [1.165, 1.54) is 0 Å². The van der Waals surface area contributed by atoms with Gasteiger partial charge in [0.1, 0.15) is 0 Å². The minimum Gasteiger partial charge on any atom is -0.481 e. The van der Waals surface area contributed by atoms with E-state index in [0.717, 1.165) is 24.1 Å². The number of ether oxygens (including phenoxy) is 1. The van der Waals surface area contributed by atoms with Crippen LogP contribution >= 0.6 is 0 Å². The van der Waals surface area contributed by atoms with Gasteiger partial charge in [-0.1, -0.05) is 13.0 Å². The average molecular weight is 288 g/mol. The second-order valence-electron chi connectivity index (χ2n) is 5.19. The van der Waals surface area contributed by atoms with Crippen molar-refractivity contribution in [3.63, 3.8) is 0 Å². The van der Waals surface area contributed by atoms with E-state index in [1.54, 1.807) is 13.3 Å². The first kappa shape index (κ1) is 15.5. The van der Waals surface area contributed by atoms with E-state index in [9.17, 15) is 0 Å². The molecule has 2 heterocycles. The minimum absolute atomic E-state index is 0.133. The van der Waals surface area contributed by atoms with Crippen molar-refractivity contribution in [2.24, 2.45) is 0 Å². The fourth-order valence-electron chi connectivity index (χ4n) is 2.33. The molecule has 21 heavy (non-hydrogen) atoms. The number of hydrogen-bond acceptors (Lipinski definition) is 4. The first-order valence-electron chi connectivity index (χ1n) is 7.39. The largest absolute Gasteiger partial charge is 0.481 e. The van der Waals surface area contributed by atoms with Crippen LogP contribution in [0, 0.1) is 0 Å². The Labute approximate surface area is 126 Å². The van der Waals surface area contributed by atoms with Crippen LogP contribution in [-0.4, -0.2) is 28.9 Å². The van der Waals surface area contributed by atoms with Gasteiger partial charge in [0.2, 0.25) is 5.88 Å². The third kappa shape index (κ3) is 3.61. The van der Waals surface area contributed by atoms with E-state index in [0.29, 0.717) is 11.9 Å². The molecule has 0 amide bonds. The lowest BCUT2D eigenvalue weighted by Gasteiger charge is -2.17. The van der Waals surface area contributed by atoms with Crippen LogP contribution in [0.15, 0.2) is 30.6 Å². The van der Waals surface area contributed by atoms with Crippen LogP contribution in [-0.2, 0) is 6.42 Å². The highest BCUT2D eigenvalue weighted by atomic mass is 16.5. The van der Waals surface area contributed by atoms with Crippen molar-refractivity contribution >= 4 is 0 Å². The molecule has 0 saturated heterocycles. The third-order valence-corrected chi connectivity index (χ3v) is 3.84. The molecule has 2 aromatic heterocycles. The normalized spacial score (nSPS) is 13.9. The monoisotopic (exact) mass is 288 g/mol. The standard InChI is InChI=1S/C16H24N4O/c1-5-12(2)20-10-8-13(19-20)11-15(17-3)14-7-6-9-18-16(14)21-4/h6-10,12,15,17H,5,11H2,1-4H3. The molecule has 2 unspecified atom stereocenters. The van der Waals surface area contributed by atoms with Crippen LogP contribution < -0.4 is 10.1 Å². The quantitative estimate of drug-likeness (QED) is 0.851. The smallest absolute Gasteiger partial charge is 0.217 e. The zero-order valence-corrected chi connectivity index (χ0v) is 13.2. The van der Waals surface area contributed by atoms with Crippen molar-refractivity contribution in [3.8, 4) is 5.88 Å². The number of likely N-dealkylation sites (N-methyl/N-ethyl adjacent to an activating group) is 1. The Balaban J connectivity index is 2.17. The number of nitrogens with one attached hydrogen (secondary N) is 1. The molecule has 0 aliphatic carbocycles. The van der Waals surface area contributed by atoms with Crippen molar-refractivity contribution in [2.45, 2.75) is 38.8 Å². The number of pyridine rings is 1. The van der Waals surface area contributed by atoms with Crippen LogP contribution in [0.5, 0.6) is 5.88 Å². The van der Waals surface area contributed by atoms with Crippen LogP contribution in [0.3, 0.4) is 0 Å². The molecule has 0 spiro atoms. The van der Waals surface area contributed by atoms with Gasteiger partial charge in [-0.3, -0.25) is 4.68 Å². The molecule has 0 saturated carbocycles. The summed E-state index contributed by atoms with van der Waals surface area (Å²) in [6.07, 6.45) is 5.68. The second-order valence-corrected chi connectivity index (χ2v) is 5.19. The van der Waals surface area contributed by atoms with E-state index < -0.39 is 0 Å². The summed E-state index contributed by atoms with van der Waals surface area (Å²) in [4.78, 5) is 4.27. The van der Waals surface area contributed by atoms with E-state index >= 15 is 0 Å². The van der Waals surface area contributed by atoms with Gasteiger partial charge in [-0.15, -0.1) is 0 Å². The molecule has 1 N–H and O–H groups in total. The highest BCUT2D eigenvalue weighted by Crippen LogP contribution is 2.25.